The summed E-state index contributed by atoms with van der Waals surface area (Å²) in [5.41, 5.74) is 1.22. The molecular weight excluding hydrogens is 398 g/mol. The summed E-state index contributed by atoms with van der Waals surface area (Å²) in [4.78, 5) is 19.7. The minimum absolute atomic E-state index is 0.0125. The minimum atomic E-state index is -0.103. The Hall–Kier alpha value is -3.55. The Balaban J connectivity index is 1.55. The molecule has 31 heavy (non-hydrogen) atoms. The van der Waals surface area contributed by atoms with E-state index >= 15 is 0 Å². The maximum absolute atomic E-state index is 13.2. The van der Waals surface area contributed by atoms with E-state index < -0.39 is 0 Å². The highest BCUT2D eigenvalue weighted by molar-refractivity contribution is 5.98. The van der Waals surface area contributed by atoms with Crippen molar-refractivity contribution < 1.29 is 23.5 Å². The number of likely N-dealkylation sites (tertiary alicyclic amines) is 1. The fraction of sp³-hybridized carbons (Fsp3) is 0.348. The SMILES string of the molecule is COc1ccccc1-c1nc([C@H]2CCCN(C(=O)c3cccc(OC)c3OC)C2)no1. The van der Waals surface area contributed by atoms with Crippen molar-refractivity contribution in [3.8, 4) is 28.7 Å². The van der Waals surface area contributed by atoms with Crippen molar-refractivity contribution in [3.63, 3.8) is 0 Å². The molecule has 0 radical (unpaired) electrons. The van der Waals surface area contributed by atoms with Gasteiger partial charge >= 0.3 is 0 Å². The molecule has 1 saturated heterocycles. The van der Waals surface area contributed by atoms with Crippen LogP contribution in [0.1, 0.15) is 34.9 Å². The highest BCUT2D eigenvalue weighted by atomic mass is 16.5. The summed E-state index contributed by atoms with van der Waals surface area (Å²) >= 11 is 0. The van der Waals surface area contributed by atoms with Crippen LogP contribution in [-0.4, -0.2) is 55.4 Å². The average Bonchev–Trinajstić information content (AvgIpc) is 3.33. The molecule has 0 spiro atoms. The van der Waals surface area contributed by atoms with Gasteiger partial charge in [0.1, 0.15) is 5.75 Å². The lowest BCUT2D eigenvalue weighted by atomic mass is 9.96. The lowest BCUT2D eigenvalue weighted by Gasteiger charge is -2.31. The van der Waals surface area contributed by atoms with Gasteiger partial charge in [-0.3, -0.25) is 4.79 Å². The molecule has 0 aliphatic carbocycles. The van der Waals surface area contributed by atoms with E-state index in [9.17, 15) is 4.79 Å². The number of carbonyl (C=O) groups is 1. The van der Waals surface area contributed by atoms with Crippen molar-refractivity contribution in [3.05, 3.63) is 53.9 Å². The number of amides is 1. The Morgan fingerprint density at radius 3 is 2.58 bits per heavy atom. The number of benzene rings is 2. The zero-order valence-corrected chi connectivity index (χ0v) is 17.8. The molecule has 1 aromatic heterocycles. The van der Waals surface area contributed by atoms with Crippen LogP contribution in [0.5, 0.6) is 17.2 Å². The number of hydrogen-bond acceptors (Lipinski definition) is 7. The van der Waals surface area contributed by atoms with E-state index in [2.05, 4.69) is 10.1 Å². The number of hydrogen-bond donors (Lipinski definition) is 0. The number of piperidine rings is 1. The highest BCUT2D eigenvalue weighted by Crippen LogP contribution is 2.34. The summed E-state index contributed by atoms with van der Waals surface area (Å²) in [6, 6.07) is 12.8. The molecule has 4 rings (SSSR count). The molecular formula is C23H25N3O5. The van der Waals surface area contributed by atoms with Crippen LogP contribution >= 0.6 is 0 Å². The van der Waals surface area contributed by atoms with Crippen molar-refractivity contribution in [2.24, 2.45) is 0 Å². The van der Waals surface area contributed by atoms with E-state index in [0.717, 1.165) is 18.4 Å². The molecule has 2 heterocycles. The minimum Gasteiger partial charge on any atom is -0.496 e. The Labute approximate surface area is 180 Å². The number of para-hydroxylation sites is 2. The first kappa shape index (κ1) is 20.7. The van der Waals surface area contributed by atoms with Crippen molar-refractivity contribution in [1.29, 1.82) is 0 Å². The topological polar surface area (TPSA) is 86.9 Å². The summed E-state index contributed by atoms with van der Waals surface area (Å²) in [6.07, 6.45) is 1.73. The molecule has 8 heteroatoms. The number of carbonyl (C=O) groups excluding carboxylic acids is 1. The quantitative estimate of drug-likeness (QED) is 0.596. The zero-order valence-electron chi connectivity index (χ0n) is 17.8. The van der Waals surface area contributed by atoms with Gasteiger partial charge in [0, 0.05) is 19.0 Å². The third kappa shape index (κ3) is 4.05. The summed E-state index contributed by atoms with van der Waals surface area (Å²) in [5, 5.41) is 4.19. The summed E-state index contributed by atoms with van der Waals surface area (Å²) < 4.78 is 21.7. The predicted molar refractivity (Wildman–Crippen MR) is 114 cm³/mol. The monoisotopic (exact) mass is 423 g/mol. The van der Waals surface area contributed by atoms with E-state index in [1.807, 2.05) is 29.2 Å². The molecule has 8 nitrogen and oxygen atoms in total. The Morgan fingerprint density at radius 2 is 1.81 bits per heavy atom. The number of nitrogens with zero attached hydrogens (tertiary/aromatic N) is 3. The second-order valence-electron chi connectivity index (χ2n) is 7.29. The van der Waals surface area contributed by atoms with Crippen LogP contribution < -0.4 is 14.2 Å². The molecule has 0 bridgehead atoms. The van der Waals surface area contributed by atoms with E-state index in [4.69, 9.17) is 18.7 Å². The van der Waals surface area contributed by atoms with Gasteiger partial charge in [0.2, 0.25) is 0 Å². The van der Waals surface area contributed by atoms with Gasteiger partial charge in [0.15, 0.2) is 17.3 Å². The van der Waals surface area contributed by atoms with Gasteiger partial charge in [-0.05, 0) is 37.1 Å². The Kier molecular flexibility index (Phi) is 6.06. The van der Waals surface area contributed by atoms with Crippen molar-refractivity contribution in [2.45, 2.75) is 18.8 Å². The standard InChI is InChI=1S/C23H25N3O5/c1-28-18-11-5-4-9-16(18)22-24-21(25-31-22)15-8-7-13-26(14-15)23(27)17-10-6-12-19(29-2)20(17)30-3/h4-6,9-12,15H,7-8,13-14H2,1-3H3/t15-/m0/s1. The molecule has 162 valence electrons. The van der Waals surface area contributed by atoms with Crippen molar-refractivity contribution in [1.82, 2.24) is 15.0 Å². The van der Waals surface area contributed by atoms with Crippen LogP contribution in [0.2, 0.25) is 0 Å². The third-order valence-electron chi connectivity index (χ3n) is 5.49. The van der Waals surface area contributed by atoms with Crippen molar-refractivity contribution in [2.75, 3.05) is 34.4 Å². The first-order valence-electron chi connectivity index (χ1n) is 10.1. The van der Waals surface area contributed by atoms with E-state index in [0.29, 0.717) is 47.6 Å². The Morgan fingerprint density at radius 1 is 1.03 bits per heavy atom. The van der Waals surface area contributed by atoms with Gasteiger partial charge in [-0.15, -0.1) is 0 Å². The molecule has 2 aromatic carbocycles. The van der Waals surface area contributed by atoms with Crippen LogP contribution in [0.3, 0.4) is 0 Å². The van der Waals surface area contributed by atoms with Gasteiger partial charge in [-0.2, -0.15) is 4.98 Å². The first-order chi connectivity index (χ1) is 15.2. The maximum Gasteiger partial charge on any atom is 0.261 e. The summed E-state index contributed by atoms with van der Waals surface area (Å²) in [5.74, 6) is 2.52. The fourth-order valence-corrected chi connectivity index (χ4v) is 3.93. The van der Waals surface area contributed by atoms with E-state index in [1.54, 1.807) is 32.4 Å². The summed E-state index contributed by atoms with van der Waals surface area (Å²) in [6.45, 7) is 1.16. The second kappa shape index (κ2) is 9.07. The number of ether oxygens (including phenoxy) is 3. The molecule has 1 fully saturated rings. The van der Waals surface area contributed by atoms with Gasteiger partial charge < -0.3 is 23.6 Å². The molecule has 1 aliphatic heterocycles. The van der Waals surface area contributed by atoms with E-state index in [-0.39, 0.29) is 11.8 Å². The lowest BCUT2D eigenvalue weighted by molar-refractivity contribution is 0.0699. The average molecular weight is 423 g/mol. The highest BCUT2D eigenvalue weighted by Gasteiger charge is 2.30. The van der Waals surface area contributed by atoms with Crippen LogP contribution in [0, 0.1) is 0 Å². The third-order valence-corrected chi connectivity index (χ3v) is 5.49. The van der Waals surface area contributed by atoms with Crippen LogP contribution in [0.15, 0.2) is 47.0 Å². The molecule has 0 unspecified atom stereocenters. The molecule has 1 amide bonds. The molecule has 1 atom stereocenters. The van der Waals surface area contributed by atoms with Crippen molar-refractivity contribution >= 4 is 5.91 Å². The number of methoxy groups -OCH3 is 3. The number of rotatable bonds is 6. The van der Waals surface area contributed by atoms with Gasteiger partial charge in [-0.1, -0.05) is 23.4 Å². The van der Waals surface area contributed by atoms with Gasteiger partial charge in [0.05, 0.1) is 32.5 Å². The zero-order chi connectivity index (χ0) is 21.8. The van der Waals surface area contributed by atoms with Crippen LogP contribution in [0.25, 0.3) is 11.5 Å². The number of aromatic nitrogens is 2. The summed E-state index contributed by atoms with van der Waals surface area (Å²) in [7, 11) is 4.69. The van der Waals surface area contributed by atoms with Gasteiger partial charge in [-0.25, -0.2) is 0 Å². The molecule has 1 aliphatic rings. The van der Waals surface area contributed by atoms with Gasteiger partial charge in [0.25, 0.3) is 11.8 Å². The predicted octanol–water partition coefficient (Wildman–Crippen LogP) is 3.78. The fourth-order valence-electron chi connectivity index (χ4n) is 3.93. The Bertz CT molecular complexity index is 1060. The normalized spacial score (nSPS) is 16.1. The first-order valence-corrected chi connectivity index (χ1v) is 10.1. The van der Waals surface area contributed by atoms with E-state index in [1.165, 1.54) is 7.11 Å². The molecule has 3 aromatic rings. The maximum atomic E-state index is 13.2. The van der Waals surface area contributed by atoms with Crippen LogP contribution in [-0.2, 0) is 0 Å². The smallest absolute Gasteiger partial charge is 0.261 e. The lowest BCUT2D eigenvalue weighted by Crippen LogP contribution is -2.39. The van der Waals surface area contributed by atoms with Crippen LogP contribution in [0.4, 0.5) is 0 Å². The largest absolute Gasteiger partial charge is 0.496 e. The molecule has 0 N–H and O–H groups in total. The molecule has 0 saturated carbocycles. The second-order valence-corrected chi connectivity index (χ2v) is 7.29.